The average Bonchev–Trinajstić information content (AvgIpc) is 1.81. The first kappa shape index (κ1) is 7.03. The lowest BCUT2D eigenvalue weighted by Gasteiger charge is -2.31. The molecule has 1 fully saturated rings. The van der Waals surface area contributed by atoms with Gasteiger partial charge < -0.3 is 9.84 Å². The summed E-state index contributed by atoms with van der Waals surface area (Å²) >= 11 is 0. The molecule has 2 nitrogen and oxygen atoms in total. The van der Waals surface area contributed by atoms with E-state index in [0.717, 1.165) is 6.42 Å². The molecule has 1 atom stereocenters. The van der Waals surface area contributed by atoms with Crippen LogP contribution in [-0.2, 0) is 4.74 Å². The molecule has 1 N–H and O–H groups in total. The summed E-state index contributed by atoms with van der Waals surface area (Å²) in [6.07, 6.45) is 0.750. The summed E-state index contributed by atoms with van der Waals surface area (Å²) in [6.45, 7) is 6.33. The van der Waals surface area contributed by atoms with Gasteiger partial charge in [0.05, 0.1) is 17.8 Å². The van der Waals surface area contributed by atoms with Gasteiger partial charge in [-0.1, -0.05) is 0 Å². The second-order valence-corrected chi connectivity index (χ2v) is 3.38. The normalized spacial score (nSPS) is 41.3. The van der Waals surface area contributed by atoms with Crippen molar-refractivity contribution in [2.45, 2.75) is 38.4 Å². The molecule has 0 amide bonds. The maximum atomic E-state index is 9.60. The standard InChI is InChI=1S/C7H14O2/c1-6(2)7(3,8)4-5-9-6/h8H,4-5H2,1-3H3. The van der Waals surface area contributed by atoms with Gasteiger partial charge in [-0.05, 0) is 20.8 Å². The van der Waals surface area contributed by atoms with Crippen LogP contribution in [0.25, 0.3) is 0 Å². The molecule has 0 aromatic carbocycles. The van der Waals surface area contributed by atoms with E-state index in [2.05, 4.69) is 0 Å². The molecule has 0 aromatic rings. The van der Waals surface area contributed by atoms with Crippen LogP contribution in [0.5, 0.6) is 0 Å². The molecule has 1 heterocycles. The molecule has 1 saturated heterocycles. The molecule has 0 saturated carbocycles. The summed E-state index contributed by atoms with van der Waals surface area (Å²) in [5, 5.41) is 9.60. The fraction of sp³-hybridized carbons (Fsp3) is 1.00. The van der Waals surface area contributed by atoms with Crippen molar-refractivity contribution in [2.75, 3.05) is 6.61 Å². The zero-order valence-electron chi connectivity index (χ0n) is 6.27. The van der Waals surface area contributed by atoms with E-state index >= 15 is 0 Å². The van der Waals surface area contributed by atoms with Crippen molar-refractivity contribution in [3.05, 3.63) is 0 Å². The smallest absolute Gasteiger partial charge is 0.0924 e. The summed E-state index contributed by atoms with van der Waals surface area (Å²) in [4.78, 5) is 0. The quantitative estimate of drug-likeness (QED) is 0.528. The van der Waals surface area contributed by atoms with E-state index in [1.165, 1.54) is 0 Å². The molecule has 1 aliphatic heterocycles. The number of hydrogen-bond acceptors (Lipinski definition) is 2. The fourth-order valence-electron chi connectivity index (χ4n) is 0.961. The third-order valence-corrected chi connectivity index (χ3v) is 2.35. The molecule has 0 spiro atoms. The molecule has 9 heavy (non-hydrogen) atoms. The van der Waals surface area contributed by atoms with E-state index in [1.807, 2.05) is 20.8 Å². The SMILES string of the molecule is CC1(O)CCOC1(C)C. The molecule has 1 rings (SSSR count). The summed E-state index contributed by atoms with van der Waals surface area (Å²) in [7, 11) is 0. The highest BCUT2D eigenvalue weighted by Gasteiger charge is 2.44. The Hall–Kier alpha value is -0.0800. The minimum absolute atomic E-state index is 0.354. The topological polar surface area (TPSA) is 29.5 Å². The van der Waals surface area contributed by atoms with E-state index < -0.39 is 5.60 Å². The van der Waals surface area contributed by atoms with Crippen LogP contribution >= 0.6 is 0 Å². The van der Waals surface area contributed by atoms with Crippen molar-refractivity contribution in [3.8, 4) is 0 Å². The van der Waals surface area contributed by atoms with Crippen LogP contribution < -0.4 is 0 Å². The number of rotatable bonds is 0. The van der Waals surface area contributed by atoms with Gasteiger partial charge in [-0.2, -0.15) is 0 Å². The summed E-state index contributed by atoms with van der Waals surface area (Å²) in [5.41, 5.74) is -0.986. The van der Waals surface area contributed by atoms with Gasteiger partial charge in [0.15, 0.2) is 0 Å². The van der Waals surface area contributed by atoms with Gasteiger partial charge in [-0.25, -0.2) is 0 Å². The molecule has 0 bridgehead atoms. The van der Waals surface area contributed by atoms with Gasteiger partial charge >= 0.3 is 0 Å². The molecule has 54 valence electrons. The zero-order valence-corrected chi connectivity index (χ0v) is 6.27. The van der Waals surface area contributed by atoms with Crippen LogP contribution in [0.4, 0.5) is 0 Å². The first-order valence-electron chi connectivity index (χ1n) is 3.32. The maximum absolute atomic E-state index is 9.60. The predicted octanol–water partition coefficient (Wildman–Crippen LogP) is 0.936. The van der Waals surface area contributed by atoms with Crippen molar-refractivity contribution in [1.82, 2.24) is 0 Å². The van der Waals surface area contributed by atoms with Crippen molar-refractivity contribution < 1.29 is 9.84 Å². The first-order chi connectivity index (χ1) is 3.96. The Morgan fingerprint density at radius 3 is 2.00 bits per heavy atom. The van der Waals surface area contributed by atoms with Gasteiger partial charge in [0.1, 0.15) is 0 Å². The highest BCUT2D eigenvalue weighted by Crippen LogP contribution is 2.34. The second kappa shape index (κ2) is 1.70. The first-order valence-corrected chi connectivity index (χ1v) is 3.32. The van der Waals surface area contributed by atoms with Crippen molar-refractivity contribution in [2.24, 2.45) is 0 Å². The van der Waals surface area contributed by atoms with Gasteiger partial charge in [0.2, 0.25) is 0 Å². The summed E-state index contributed by atoms with van der Waals surface area (Å²) < 4.78 is 5.31. The molecule has 0 radical (unpaired) electrons. The molecule has 0 aromatic heterocycles. The third kappa shape index (κ3) is 0.970. The number of ether oxygens (including phenoxy) is 1. The summed E-state index contributed by atoms with van der Waals surface area (Å²) in [6, 6.07) is 0. The largest absolute Gasteiger partial charge is 0.387 e. The highest BCUT2D eigenvalue weighted by atomic mass is 16.5. The fourth-order valence-corrected chi connectivity index (χ4v) is 0.961. The lowest BCUT2D eigenvalue weighted by molar-refractivity contribution is -0.0861. The number of aliphatic hydroxyl groups is 1. The van der Waals surface area contributed by atoms with Crippen molar-refractivity contribution >= 4 is 0 Å². The van der Waals surface area contributed by atoms with Gasteiger partial charge in [-0.15, -0.1) is 0 Å². The Morgan fingerprint density at radius 1 is 1.33 bits per heavy atom. The van der Waals surface area contributed by atoms with Crippen molar-refractivity contribution in [1.29, 1.82) is 0 Å². The van der Waals surface area contributed by atoms with E-state index in [4.69, 9.17) is 4.74 Å². The zero-order chi connectivity index (χ0) is 7.12. The Labute approximate surface area is 55.8 Å². The Bertz CT molecular complexity index is 102. The minimum Gasteiger partial charge on any atom is -0.387 e. The van der Waals surface area contributed by atoms with Crippen LogP contribution in [0, 0.1) is 0 Å². The maximum Gasteiger partial charge on any atom is 0.0924 e. The lowest BCUT2D eigenvalue weighted by Crippen LogP contribution is -2.43. The van der Waals surface area contributed by atoms with E-state index in [-0.39, 0.29) is 5.60 Å². The Balaban J connectivity index is 2.75. The van der Waals surface area contributed by atoms with E-state index in [1.54, 1.807) is 0 Å². The van der Waals surface area contributed by atoms with Crippen molar-refractivity contribution in [3.63, 3.8) is 0 Å². The Morgan fingerprint density at radius 2 is 1.89 bits per heavy atom. The van der Waals surface area contributed by atoms with Gasteiger partial charge in [0.25, 0.3) is 0 Å². The average molecular weight is 130 g/mol. The van der Waals surface area contributed by atoms with Crippen LogP contribution in [0.1, 0.15) is 27.2 Å². The predicted molar refractivity (Wildman–Crippen MR) is 35.3 cm³/mol. The van der Waals surface area contributed by atoms with Gasteiger partial charge in [0, 0.05) is 6.42 Å². The van der Waals surface area contributed by atoms with E-state index in [9.17, 15) is 5.11 Å². The van der Waals surface area contributed by atoms with Gasteiger partial charge in [-0.3, -0.25) is 0 Å². The molecule has 0 aliphatic carbocycles. The Kier molecular flexibility index (Phi) is 1.33. The van der Waals surface area contributed by atoms with E-state index in [0.29, 0.717) is 6.61 Å². The summed E-state index contributed by atoms with van der Waals surface area (Å²) in [5.74, 6) is 0. The number of hydrogen-bond donors (Lipinski definition) is 1. The highest BCUT2D eigenvalue weighted by molar-refractivity contribution is 4.95. The van der Waals surface area contributed by atoms with Crippen LogP contribution in [0.3, 0.4) is 0 Å². The monoisotopic (exact) mass is 130 g/mol. The lowest BCUT2D eigenvalue weighted by atomic mass is 9.88. The molecular formula is C7H14O2. The minimum atomic E-state index is -0.632. The van der Waals surface area contributed by atoms with Crippen LogP contribution in [0.2, 0.25) is 0 Å². The molecule has 1 unspecified atom stereocenters. The van der Waals surface area contributed by atoms with Crippen LogP contribution in [-0.4, -0.2) is 22.9 Å². The molecule has 2 heteroatoms. The second-order valence-electron chi connectivity index (χ2n) is 3.38. The molecule has 1 aliphatic rings. The molecular weight excluding hydrogens is 116 g/mol. The van der Waals surface area contributed by atoms with Crippen LogP contribution in [0.15, 0.2) is 0 Å². The third-order valence-electron chi connectivity index (χ3n) is 2.35.